The van der Waals surface area contributed by atoms with E-state index in [1.54, 1.807) is 11.9 Å². The largest absolute Gasteiger partial charge is 0.444 e. The zero-order valence-electron chi connectivity index (χ0n) is 13.9. The molecule has 0 saturated carbocycles. The molecule has 114 valence electrons. The molecule has 0 fully saturated rings. The van der Waals surface area contributed by atoms with Crippen molar-refractivity contribution in [3.8, 4) is 0 Å². The minimum absolute atomic E-state index is 0.253. The van der Waals surface area contributed by atoms with Crippen LogP contribution in [0.25, 0.3) is 0 Å². The monoisotopic (exact) mass is 272 g/mol. The van der Waals surface area contributed by atoms with Gasteiger partial charge in [0.05, 0.1) is 0 Å². The minimum atomic E-state index is -0.432. The number of rotatable bonds is 6. The summed E-state index contributed by atoms with van der Waals surface area (Å²) in [4.78, 5) is 13.5. The lowest BCUT2D eigenvalue weighted by molar-refractivity contribution is 0.0276. The highest BCUT2D eigenvalue weighted by Crippen LogP contribution is 2.10. The number of carbonyl (C=O) groups is 1. The number of amides is 1. The topological polar surface area (TPSA) is 41.6 Å². The van der Waals surface area contributed by atoms with Crippen LogP contribution in [-0.2, 0) is 4.74 Å². The molecule has 2 atom stereocenters. The van der Waals surface area contributed by atoms with Crippen molar-refractivity contribution in [2.75, 3.05) is 20.1 Å². The molecule has 2 unspecified atom stereocenters. The third kappa shape index (κ3) is 8.87. The van der Waals surface area contributed by atoms with Crippen molar-refractivity contribution in [2.24, 2.45) is 11.8 Å². The highest BCUT2D eigenvalue weighted by molar-refractivity contribution is 5.67. The highest BCUT2D eigenvalue weighted by atomic mass is 16.6. The van der Waals surface area contributed by atoms with Gasteiger partial charge in [0.25, 0.3) is 0 Å². The van der Waals surface area contributed by atoms with Gasteiger partial charge in [-0.05, 0) is 46.1 Å². The second-order valence-corrected chi connectivity index (χ2v) is 6.91. The van der Waals surface area contributed by atoms with Crippen molar-refractivity contribution in [3.05, 3.63) is 0 Å². The summed E-state index contributed by atoms with van der Waals surface area (Å²) in [5, 5.41) is 3.50. The third-order valence-electron chi connectivity index (χ3n) is 3.08. The van der Waals surface area contributed by atoms with Crippen LogP contribution in [0.3, 0.4) is 0 Å². The molecule has 0 spiro atoms. The number of carbonyl (C=O) groups excluding carboxylic acids is 1. The first-order valence-corrected chi connectivity index (χ1v) is 7.20. The molecule has 0 aromatic carbocycles. The number of hydrogen-bond donors (Lipinski definition) is 1. The summed E-state index contributed by atoms with van der Waals surface area (Å²) in [5.41, 5.74) is -0.432. The van der Waals surface area contributed by atoms with Gasteiger partial charge in [0.1, 0.15) is 5.60 Å². The predicted molar refractivity (Wildman–Crippen MR) is 80.3 cm³/mol. The van der Waals surface area contributed by atoms with E-state index in [0.29, 0.717) is 24.4 Å². The van der Waals surface area contributed by atoms with E-state index in [1.807, 2.05) is 20.8 Å². The molecule has 0 rings (SSSR count). The summed E-state index contributed by atoms with van der Waals surface area (Å²) >= 11 is 0. The van der Waals surface area contributed by atoms with E-state index in [1.165, 1.54) is 0 Å². The second kappa shape index (κ2) is 7.73. The number of hydrogen-bond acceptors (Lipinski definition) is 3. The first-order chi connectivity index (χ1) is 8.53. The molecule has 0 bridgehead atoms. The van der Waals surface area contributed by atoms with Gasteiger partial charge in [-0.1, -0.05) is 20.8 Å². The molecule has 0 aliphatic carbocycles. The van der Waals surface area contributed by atoms with Crippen molar-refractivity contribution in [3.63, 3.8) is 0 Å². The van der Waals surface area contributed by atoms with Crippen LogP contribution in [0, 0.1) is 11.8 Å². The Kier molecular flexibility index (Phi) is 7.42. The molecule has 0 saturated heterocycles. The maximum Gasteiger partial charge on any atom is 0.410 e. The Balaban J connectivity index is 4.05. The Morgan fingerprint density at radius 1 is 1.21 bits per heavy atom. The lowest BCUT2D eigenvalue weighted by Gasteiger charge is -2.27. The van der Waals surface area contributed by atoms with Gasteiger partial charge in [0, 0.05) is 19.6 Å². The van der Waals surface area contributed by atoms with E-state index in [9.17, 15) is 4.79 Å². The van der Waals surface area contributed by atoms with Gasteiger partial charge < -0.3 is 15.0 Å². The molecule has 0 aromatic rings. The van der Waals surface area contributed by atoms with Gasteiger partial charge in [0.15, 0.2) is 0 Å². The van der Waals surface area contributed by atoms with E-state index >= 15 is 0 Å². The van der Waals surface area contributed by atoms with Crippen LogP contribution in [0.2, 0.25) is 0 Å². The Hall–Kier alpha value is -0.770. The minimum Gasteiger partial charge on any atom is -0.444 e. The number of nitrogens with one attached hydrogen (secondary N) is 1. The molecule has 4 nitrogen and oxygen atoms in total. The fourth-order valence-electron chi connectivity index (χ4n) is 1.57. The van der Waals surface area contributed by atoms with E-state index in [-0.39, 0.29) is 6.09 Å². The van der Waals surface area contributed by atoms with Crippen LogP contribution in [-0.4, -0.2) is 42.8 Å². The maximum absolute atomic E-state index is 11.8. The van der Waals surface area contributed by atoms with E-state index in [2.05, 4.69) is 33.0 Å². The summed E-state index contributed by atoms with van der Waals surface area (Å²) in [7, 11) is 1.79. The van der Waals surface area contributed by atoms with Crippen molar-refractivity contribution >= 4 is 6.09 Å². The lowest BCUT2D eigenvalue weighted by atomic mass is 10.1. The SMILES string of the molecule is CC(CNC(C)C(C)C)CN(C)C(=O)OC(C)(C)C. The fraction of sp³-hybridized carbons (Fsp3) is 0.933. The first kappa shape index (κ1) is 18.2. The van der Waals surface area contributed by atoms with Crippen LogP contribution in [0.15, 0.2) is 0 Å². The molecule has 0 aliphatic rings. The molecule has 0 heterocycles. The zero-order chi connectivity index (χ0) is 15.2. The van der Waals surface area contributed by atoms with E-state index < -0.39 is 5.60 Å². The summed E-state index contributed by atoms with van der Waals surface area (Å²) in [6.45, 7) is 16.0. The van der Waals surface area contributed by atoms with Crippen molar-refractivity contribution < 1.29 is 9.53 Å². The predicted octanol–water partition coefficient (Wildman–Crippen LogP) is 3.12. The van der Waals surface area contributed by atoms with Gasteiger partial charge in [0.2, 0.25) is 0 Å². The summed E-state index contributed by atoms with van der Waals surface area (Å²) in [6.07, 6.45) is -0.253. The lowest BCUT2D eigenvalue weighted by Crippen LogP contribution is -2.40. The average Bonchev–Trinajstić information content (AvgIpc) is 2.23. The smallest absolute Gasteiger partial charge is 0.410 e. The Morgan fingerprint density at radius 2 is 1.74 bits per heavy atom. The molecule has 19 heavy (non-hydrogen) atoms. The Bertz CT molecular complexity index is 272. The van der Waals surface area contributed by atoms with Crippen LogP contribution in [0.5, 0.6) is 0 Å². The highest BCUT2D eigenvalue weighted by Gasteiger charge is 2.20. The van der Waals surface area contributed by atoms with Gasteiger partial charge in [-0.15, -0.1) is 0 Å². The number of nitrogens with zero attached hydrogens (tertiary/aromatic N) is 1. The van der Waals surface area contributed by atoms with Gasteiger partial charge in [-0.2, -0.15) is 0 Å². The molecule has 0 aromatic heterocycles. The Morgan fingerprint density at radius 3 is 2.16 bits per heavy atom. The third-order valence-corrected chi connectivity index (χ3v) is 3.08. The summed E-state index contributed by atoms with van der Waals surface area (Å²) < 4.78 is 5.33. The van der Waals surface area contributed by atoms with Crippen LogP contribution in [0.4, 0.5) is 4.79 Å². The molecule has 4 heteroatoms. The maximum atomic E-state index is 11.8. The van der Waals surface area contributed by atoms with Gasteiger partial charge >= 0.3 is 6.09 Å². The average molecular weight is 272 g/mol. The standard InChI is InChI=1S/C15H32N2O2/c1-11(2)13(4)16-9-12(3)10-17(8)14(18)19-15(5,6)7/h11-13,16H,9-10H2,1-8H3. The first-order valence-electron chi connectivity index (χ1n) is 7.20. The summed E-state index contributed by atoms with van der Waals surface area (Å²) in [6, 6.07) is 0.495. The van der Waals surface area contributed by atoms with Crippen molar-refractivity contribution in [2.45, 2.75) is 60.1 Å². The van der Waals surface area contributed by atoms with Crippen molar-refractivity contribution in [1.82, 2.24) is 10.2 Å². The zero-order valence-corrected chi connectivity index (χ0v) is 13.9. The van der Waals surface area contributed by atoms with E-state index in [0.717, 1.165) is 6.54 Å². The molecule has 0 radical (unpaired) electrons. The molecule has 0 aliphatic heterocycles. The van der Waals surface area contributed by atoms with Crippen LogP contribution < -0.4 is 5.32 Å². The Labute approximate surface area is 118 Å². The molecular formula is C15H32N2O2. The second-order valence-electron chi connectivity index (χ2n) is 6.91. The summed E-state index contributed by atoms with van der Waals surface area (Å²) in [5.74, 6) is 1.02. The number of ether oxygens (including phenoxy) is 1. The molecule has 1 amide bonds. The van der Waals surface area contributed by atoms with Crippen LogP contribution >= 0.6 is 0 Å². The van der Waals surface area contributed by atoms with E-state index in [4.69, 9.17) is 4.74 Å². The van der Waals surface area contributed by atoms with Gasteiger partial charge in [-0.25, -0.2) is 4.79 Å². The quantitative estimate of drug-likeness (QED) is 0.807. The van der Waals surface area contributed by atoms with Crippen LogP contribution in [0.1, 0.15) is 48.5 Å². The normalized spacial score (nSPS) is 15.2. The fourth-order valence-corrected chi connectivity index (χ4v) is 1.57. The molecular weight excluding hydrogens is 240 g/mol. The van der Waals surface area contributed by atoms with Crippen molar-refractivity contribution in [1.29, 1.82) is 0 Å². The van der Waals surface area contributed by atoms with Gasteiger partial charge in [-0.3, -0.25) is 0 Å². The molecule has 1 N–H and O–H groups in total.